The van der Waals surface area contributed by atoms with E-state index >= 15 is 0 Å². The van der Waals surface area contributed by atoms with Gasteiger partial charge in [-0.15, -0.1) is 6.58 Å². The van der Waals surface area contributed by atoms with Crippen LogP contribution in [0.1, 0.15) is 17.3 Å². The summed E-state index contributed by atoms with van der Waals surface area (Å²) >= 11 is 0. The molecule has 6 nitrogen and oxygen atoms in total. The maximum Gasteiger partial charge on any atom is 0.251 e. The van der Waals surface area contributed by atoms with E-state index < -0.39 is 10.0 Å². The van der Waals surface area contributed by atoms with Gasteiger partial charge < -0.3 is 10.2 Å². The Balaban J connectivity index is 2.17. The zero-order chi connectivity index (χ0) is 16.9. The van der Waals surface area contributed by atoms with Crippen molar-refractivity contribution in [2.45, 2.75) is 11.8 Å². The van der Waals surface area contributed by atoms with Crippen LogP contribution in [0.4, 0.5) is 0 Å². The van der Waals surface area contributed by atoms with E-state index in [2.05, 4.69) is 23.7 Å². The summed E-state index contributed by atoms with van der Waals surface area (Å²) in [4.78, 5) is 14.3. The van der Waals surface area contributed by atoms with Crippen LogP contribution in [0, 0.1) is 0 Å². The lowest BCUT2D eigenvalue weighted by Gasteiger charge is -2.33. The van der Waals surface area contributed by atoms with Crippen molar-refractivity contribution >= 4 is 15.9 Å². The lowest BCUT2D eigenvalue weighted by molar-refractivity contribution is 0.0958. The molecule has 1 fully saturated rings. The third-order valence-electron chi connectivity index (χ3n) is 3.92. The van der Waals surface area contributed by atoms with E-state index in [1.807, 2.05) is 0 Å². The van der Waals surface area contributed by atoms with Gasteiger partial charge in [0.2, 0.25) is 10.0 Å². The Bertz CT molecular complexity index is 665. The summed E-state index contributed by atoms with van der Waals surface area (Å²) < 4.78 is 26.9. The van der Waals surface area contributed by atoms with Crippen LogP contribution < -0.4 is 5.32 Å². The zero-order valence-corrected chi connectivity index (χ0v) is 14.2. The SMILES string of the molecule is C=CCNC(=O)c1cccc(S(=O)(=O)N2CCN(CC)CC2)c1. The lowest BCUT2D eigenvalue weighted by atomic mass is 10.2. The van der Waals surface area contributed by atoms with Crippen LogP contribution >= 0.6 is 0 Å². The molecule has 1 aliphatic rings. The summed E-state index contributed by atoms with van der Waals surface area (Å²) in [6.07, 6.45) is 1.58. The molecule has 1 heterocycles. The Labute approximate surface area is 137 Å². The first-order valence-corrected chi connectivity index (χ1v) is 9.14. The number of benzene rings is 1. The average Bonchev–Trinajstić information content (AvgIpc) is 2.59. The number of carbonyl (C=O) groups excluding carboxylic acids is 1. The fourth-order valence-corrected chi connectivity index (χ4v) is 3.97. The van der Waals surface area contributed by atoms with E-state index in [4.69, 9.17) is 0 Å². The molecule has 2 rings (SSSR count). The maximum atomic E-state index is 12.7. The second-order valence-electron chi connectivity index (χ2n) is 5.36. The molecular weight excluding hydrogens is 314 g/mol. The van der Waals surface area contributed by atoms with Crippen molar-refractivity contribution in [2.75, 3.05) is 39.3 Å². The molecule has 0 atom stereocenters. The number of rotatable bonds is 6. The maximum absolute atomic E-state index is 12.7. The predicted octanol–water partition coefficient (Wildman–Crippen LogP) is 0.929. The molecule has 1 aromatic carbocycles. The molecule has 0 aromatic heterocycles. The number of hydrogen-bond acceptors (Lipinski definition) is 4. The van der Waals surface area contributed by atoms with Gasteiger partial charge in [-0.05, 0) is 24.7 Å². The van der Waals surface area contributed by atoms with Gasteiger partial charge in [0.1, 0.15) is 0 Å². The van der Waals surface area contributed by atoms with Gasteiger partial charge in [0, 0.05) is 38.3 Å². The molecule has 126 valence electrons. The number of carbonyl (C=O) groups is 1. The summed E-state index contributed by atoms with van der Waals surface area (Å²) in [7, 11) is -3.56. The standard InChI is InChI=1S/C16H23N3O3S/c1-3-8-17-16(20)14-6-5-7-15(13-14)23(21,22)19-11-9-18(4-2)10-12-19/h3,5-7,13H,1,4,8-12H2,2H3,(H,17,20). The molecule has 23 heavy (non-hydrogen) atoms. The number of hydrogen-bond donors (Lipinski definition) is 1. The second-order valence-corrected chi connectivity index (χ2v) is 7.30. The molecular formula is C16H23N3O3S. The van der Waals surface area contributed by atoms with Crippen LogP contribution in [0.15, 0.2) is 41.8 Å². The summed E-state index contributed by atoms with van der Waals surface area (Å²) in [5, 5.41) is 2.65. The Kier molecular flexibility index (Phi) is 5.92. The fraction of sp³-hybridized carbons (Fsp3) is 0.438. The highest BCUT2D eigenvalue weighted by molar-refractivity contribution is 7.89. The molecule has 1 aliphatic heterocycles. The fourth-order valence-electron chi connectivity index (χ4n) is 2.50. The van der Waals surface area contributed by atoms with E-state index in [9.17, 15) is 13.2 Å². The van der Waals surface area contributed by atoms with Crippen molar-refractivity contribution in [2.24, 2.45) is 0 Å². The van der Waals surface area contributed by atoms with E-state index in [-0.39, 0.29) is 10.8 Å². The first-order valence-electron chi connectivity index (χ1n) is 7.70. The molecule has 0 spiro atoms. The van der Waals surface area contributed by atoms with Crippen LogP contribution in [-0.4, -0.2) is 62.8 Å². The molecule has 0 radical (unpaired) electrons. The highest BCUT2D eigenvalue weighted by Crippen LogP contribution is 2.19. The molecule has 0 aliphatic carbocycles. The van der Waals surface area contributed by atoms with E-state index in [1.165, 1.54) is 16.4 Å². The minimum Gasteiger partial charge on any atom is -0.349 e. The Morgan fingerprint density at radius 3 is 2.61 bits per heavy atom. The van der Waals surface area contributed by atoms with Gasteiger partial charge in [0.25, 0.3) is 5.91 Å². The molecule has 0 bridgehead atoms. The number of nitrogens with zero attached hydrogens (tertiary/aromatic N) is 2. The summed E-state index contributed by atoms with van der Waals surface area (Å²) in [5.41, 5.74) is 0.333. The zero-order valence-electron chi connectivity index (χ0n) is 13.4. The molecule has 0 unspecified atom stereocenters. The second kappa shape index (κ2) is 7.72. The normalized spacial score (nSPS) is 16.9. The number of likely N-dealkylation sites (N-methyl/N-ethyl adjacent to an activating group) is 1. The molecule has 1 aromatic rings. The van der Waals surface area contributed by atoms with Crippen LogP contribution in [0.5, 0.6) is 0 Å². The third kappa shape index (κ3) is 4.19. The number of sulfonamides is 1. The molecule has 1 N–H and O–H groups in total. The summed E-state index contributed by atoms with van der Waals surface area (Å²) in [5.74, 6) is -0.308. The van der Waals surface area contributed by atoms with E-state index in [0.717, 1.165) is 19.6 Å². The van der Waals surface area contributed by atoms with Gasteiger partial charge in [-0.25, -0.2) is 8.42 Å². The van der Waals surface area contributed by atoms with Crippen molar-refractivity contribution in [1.82, 2.24) is 14.5 Å². The van der Waals surface area contributed by atoms with Gasteiger partial charge in [0.15, 0.2) is 0 Å². The first kappa shape index (κ1) is 17.7. The van der Waals surface area contributed by atoms with Crippen LogP contribution in [0.25, 0.3) is 0 Å². The van der Waals surface area contributed by atoms with Gasteiger partial charge in [-0.1, -0.05) is 19.1 Å². The first-order chi connectivity index (χ1) is 11.0. The Morgan fingerprint density at radius 2 is 2.00 bits per heavy atom. The van der Waals surface area contributed by atoms with Gasteiger partial charge >= 0.3 is 0 Å². The Hall–Kier alpha value is -1.70. The summed E-state index contributed by atoms with van der Waals surface area (Å²) in [6, 6.07) is 6.16. The summed E-state index contributed by atoms with van der Waals surface area (Å²) in [6.45, 7) is 9.28. The topological polar surface area (TPSA) is 69.7 Å². The quantitative estimate of drug-likeness (QED) is 0.784. The average molecular weight is 337 g/mol. The molecule has 7 heteroatoms. The van der Waals surface area contributed by atoms with Crippen LogP contribution in [0.3, 0.4) is 0 Å². The van der Waals surface area contributed by atoms with E-state index in [1.54, 1.807) is 18.2 Å². The monoisotopic (exact) mass is 337 g/mol. The van der Waals surface area contributed by atoms with Crippen molar-refractivity contribution in [3.63, 3.8) is 0 Å². The molecule has 1 saturated heterocycles. The largest absolute Gasteiger partial charge is 0.349 e. The van der Waals surface area contributed by atoms with Crippen molar-refractivity contribution < 1.29 is 13.2 Å². The van der Waals surface area contributed by atoms with Gasteiger partial charge in [-0.3, -0.25) is 4.79 Å². The number of piperazine rings is 1. The number of amides is 1. The smallest absolute Gasteiger partial charge is 0.251 e. The van der Waals surface area contributed by atoms with Crippen molar-refractivity contribution in [1.29, 1.82) is 0 Å². The Morgan fingerprint density at radius 1 is 1.30 bits per heavy atom. The van der Waals surface area contributed by atoms with Crippen molar-refractivity contribution in [3.05, 3.63) is 42.5 Å². The van der Waals surface area contributed by atoms with Crippen LogP contribution in [0.2, 0.25) is 0 Å². The predicted molar refractivity (Wildman–Crippen MR) is 89.8 cm³/mol. The van der Waals surface area contributed by atoms with Gasteiger partial charge in [0.05, 0.1) is 4.90 Å². The highest BCUT2D eigenvalue weighted by atomic mass is 32.2. The van der Waals surface area contributed by atoms with Crippen molar-refractivity contribution in [3.8, 4) is 0 Å². The van der Waals surface area contributed by atoms with E-state index in [0.29, 0.717) is 25.2 Å². The minimum absolute atomic E-state index is 0.161. The highest BCUT2D eigenvalue weighted by Gasteiger charge is 2.28. The minimum atomic E-state index is -3.56. The third-order valence-corrected chi connectivity index (χ3v) is 5.81. The molecule has 0 saturated carbocycles. The number of nitrogens with one attached hydrogen (secondary N) is 1. The molecule has 1 amide bonds. The lowest BCUT2D eigenvalue weighted by Crippen LogP contribution is -2.48. The van der Waals surface area contributed by atoms with Crippen LogP contribution in [-0.2, 0) is 10.0 Å². The van der Waals surface area contributed by atoms with Gasteiger partial charge in [-0.2, -0.15) is 4.31 Å².